The summed E-state index contributed by atoms with van der Waals surface area (Å²) in [6.45, 7) is 23.2. The number of fused-ring (bicyclic) bond motifs is 8. The summed E-state index contributed by atoms with van der Waals surface area (Å²) in [6.07, 6.45) is 105. The Morgan fingerprint density at radius 1 is 0.299 bits per heavy atom. The first-order valence-electron chi connectivity index (χ1n) is 55.6. The maximum absolute atomic E-state index is 4.71. The number of benzene rings is 2. The van der Waals surface area contributed by atoms with Gasteiger partial charge in [-0.1, -0.05) is 425 Å². The van der Waals surface area contributed by atoms with E-state index in [0.29, 0.717) is 0 Å². The van der Waals surface area contributed by atoms with Crippen molar-refractivity contribution in [1.82, 2.24) is 17.5 Å². The van der Waals surface area contributed by atoms with Crippen LogP contribution in [0.1, 0.15) is 537 Å². The number of hydrogen-bond donors (Lipinski definition) is 0. The Labute approximate surface area is 916 Å². The SMILES string of the molecule is Brc1ccc(Br)c2nsnc12.C.C/C=C/c1ccc(/C=C/c2cc3c(s2)-c2sc(C)cc2C3(CCCCCCCCCCCCCCCC)CCCCCCCCCCCCCCCC)c2nsnc12.C/C=[CH]/[Sn]([CH2]CCC)([CH2]CCC)[CH2]CCC.CCCCCCCCCCCCCCCCC1(CCCCCCCCCCCCCCCC)c2cc(Br)sc2-c2sc(Br)cc21.PP(P)P(P)P. The van der Waals surface area contributed by atoms with E-state index in [9.17, 15) is 0 Å². The van der Waals surface area contributed by atoms with Gasteiger partial charge < -0.3 is 0 Å². The van der Waals surface area contributed by atoms with Crippen molar-refractivity contribution in [2.75, 3.05) is 0 Å². The molecule has 8 aromatic rings. The Balaban J connectivity index is 0.000000365. The first-order chi connectivity index (χ1) is 66.4. The molecule has 0 radical (unpaired) electrons. The number of aromatic nitrogens is 4. The molecule has 0 amide bonds. The molecule has 10 rings (SSSR count). The largest absolute Gasteiger partial charge is 0.127 e. The Kier molecular flexibility index (Phi) is 75.5. The second kappa shape index (κ2) is 80.3. The number of rotatable bonds is 74. The molecule has 0 saturated heterocycles. The minimum absolute atomic E-state index is 0. The molecule has 0 N–H and O–H groups in total. The van der Waals surface area contributed by atoms with E-state index in [2.05, 4.69) is 253 Å². The molecule has 2 aromatic carbocycles. The van der Waals surface area contributed by atoms with E-state index in [1.807, 2.05) is 57.5 Å². The zero-order chi connectivity index (χ0) is 98.0. The molecule has 4 atom stereocenters. The number of thiophene rings is 4. The Hall–Kier alpha value is 1.40. The zero-order valence-corrected chi connectivity index (χ0v) is 108. The van der Waals surface area contributed by atoms with Gasteiger partial charge in [-0.05, 0) is 182 Å². The molecule has 0 spiro atoms. The summed E-state index contributed by atoms with van der Waals surface area (Å²) < 4.78 is 29.8. The van der Waals surface area contributed by atoms with Crippen molar-refractivity contribution in [2.24, 2.45) is 0 Å². The third-order valence-electron chi connectivity index (χ3n) is 28.8. The number of allylic oxidation sites excluding steroid dienone is 2. The maximum Gasteiger partial charge on any atom is 0.0708 e. The predicted molar refractivity (Wildman–Crippen MR) is 670 cm³/mol. The summed E-state index contributed by atoms with van der Waals surface area (Å²) in [5, 5.41) is 0. The molecule has 0 saturated carbocycles. The van der Waals surface area contributed by atoms with Crippen LogP contribution in [0, 0.1) is 6.92 Å². The molecule has 0 aliphatic heterocycles. The quantitative estimate of drug-likeness (QED) is 0.0217. The van der Waals surface area contributed by atoms with Gasteiger partial charge in [0, 0.05) is 60.2 Å². The van der Waals surface area contributed by atoms with Gasteiger partial charge in [0.15, 0.2) is 0 Å². The van der Waals surface area contributed by atoms with Crippen molar-refractivity contribution in [2.45, 2.75) is 525 Å². The zero-order valence-electron chi connectivity index (χ0n) is 87.3. The average molecular weight is 2460 g/mol. The van der Waals surface area contributed by atoms with Crippen LogP contribution < -0.4 is 0 Å². The normalized spacial score (nSPS) is 13.0. The van der Waals surface area contributed by atoms with E-state index in [-0.39, 0.29) is 32.2 Å². The van der Waals surface area contributed by atoms with Gasteiger partial charge in [0.25, 0.3) is 0 Å². The van der Waals surface area contributed by atoms with Crippen LogP contribution in [0.5, 0.6) is 0 Å². The summed E-state index contributed by atoms with van der Waals surface area (Å²) in [5.74, 6) is 0. The molecule has 6 aromatic heterocycles. The molecule has 21 heteroatoms. The number of hydrogen-bond acceptors (Lipinski definition) is 10. The Morgan fingerprint density at radius 2 is 0.555 bits per heavy atom. The van der Waals surface area contributed by atoms with Gasteiger partial charge in [0.2, 0.25) is 0 Å². The van der Waals surface area contributed by atoms with Crippen molar-refractivity contribution >= 4 is 241 Å². The number of nitrogens with zero attached hydrogens (tertiary/aromatic N) is 4. The van der Waals surface area contributed by atoms with Gasteiger partial charge in [0.1, 0.15) is 22.1 Å². The van der Waals surface area contributed by atoms with Crippen molar-refractivity contribution in [1.29, 1.82) is 0 Å². The van der Waals surface area contributed by atoms with Crippen LogP contribution >= 0.6 is 182 Å². The van der Waals surface area contributed by atoms with Crippen LogP contribution in [0.2, 0.25) is 13.3 Å². The molecule has 0 fully saturated rings. The molecule has 4 nitrogen and oxygen atoms in total. The fraction of sp³-hybridized carbons (Fsp3) is 0.707. The summed E-state index contributed by atoms with van der Waals surface area (Å²) in [7, 11) is 11.2. The minimum atomic E-state index is -1.84. The van der Waals surface area contributed by atoms with E-state index in [1.54, 1.807) is 55.1 Å². The van der Waals surface area contributed by atoms with Gasteiger partial charge in [-0.25, -0.2) is 0 Å². The molecule has 0 bridgehead atoms. The van der Waals surface area contributed by atoms with Crippen LogP contribution in [0.15, 0.2) is 81.3 Å². The molecule has 4 unspecified atom stereocenters. The van der Waals surface area contributed by atoms with Crippen LogP contribution in [0.4, 0.5) is 0 Å². The van der Waals surface area contributed by atoms with Crippen molar-refractivity contribution in [3.05, 3.63) is 124 Å². The van der Waals surface area contributed by atoms with E-state index >= 15 is 0 Å². The molecular weight excluding hydrogens is 2270 g/mol. The molecule has 137 heavy (non-hydrogen) atoms. The van der Waals surface area contributed by atoms with Gasteiger partial charge in [-0.2, -0.15) is 17.5 Å². The number of unbranched alkanes of at least 4 members (excludes halogenated alkanes) is 55. The Morgan fingerprint density at radius 3 is 0.839 bits per heavy atom. The molecule has 2 aliphatic rings. The molecular formula is C116H194Br4N4P6S6Sn. The van der Waals surface area contributed by atoms with E-state index in [4.69, 9.17) is 4.37 Å². The first-order valence-corrected chi connectivity index (χ1v) is 81.1. The average Bonchev–Trinajstić information content (AvgIpc) is 1.56. The van der Waals surface area contributed by atoms with Crippen LogP contribution in [0.3, 0.4) is 0 Å². The van der Waals surface area contributed by atoms with Crippen LogP contribution in [0.25, 0.3) is 59.8 Å². The second-order valence-corrected chi connectivity index (χ2v) is 82.8. The second-order valence-electron chi connectivity index (χ2n) is 40.1. The standard InChI is InChI=1S/C53H80N2S3.C41H68Br2S2.C6H2Br2N2S.3C4H9.C3H5.CH4.H8P6.Sn/c1-5-8-10-12-14-16-18-20-22-24-26-28-30-32-39-53(40-33-31-29-27-25-23-21-19-17-15-13-11-9-6-2)47-41-43(4)56-51(47)52-48(53)42-46(57-52)38-37-45-36-35-44(34-7-3)49-50(45)55-58-54-49;1-3-5-7-9-11-13-15-17-19-21-23-25-27-29-31-41(35-33-37(42)44-39(35)40-36(41)34-38(43)45-40)32-30-28-26-24-22-20-18-16-14-12-10-8-6-4-2;7-3-1-2-4(8)6-5(3)9-11-10-6;3*1-3-4-2;1-3-2;;1-5(2)6(3)4;/h7,34-38,41-42H,5-6,8-33,39-40H2,1-4H3;33-34H,3-32H2,1-2H3;1-2H;3*1,3-4H2,2H3;1,3H,2H3;1H4;1-4H2;/b34-7+,38-37+;;;;;;;;;. The first kappa shape index (κ1) is 129. The number of halogens is 4. The van der Waals surface area contributed by atoms with Crippen molar-refractivity contribution in [3.8, 4) is 19.5 Å². The smallest absolute Gasteiger partial charge is 0.0708 e. The third kappa shape index (κ3) is 49.1. The van der Waals surface area contributed by atoms with Crippen LogP contribution in [-0.2, 0) is 10.8 Å². The molecule has 6 heterocycles. The van der Waals surface area contributed by atoms with Gasteiger partial charge >= 0.3 is 108 Å². The van der Waals surface area contributed by atoms with Crippen molar-refractivity contribution < 1.29 is 0 Å². The summed E-state index contributed by atoms with van der Waals surface area (Å²) >= 11 is 23.2. The fourth-order valence-electron chi connectivity index (χ4n) is 20.8. The van der Waals surface area contributed by atoms with Gasteiger partial charge in [0.05, 0.1) is 31.0 Å². The van der Waals surface area contributed by atoms with E-state index in [1.165, 1.54) is 465 Å². The molecule has 776 valence electrons. The van der Waals surface area contributed by atoms with Gasteiger partial charge in [-0.15, -0.1) is 81.1 Å². The Bertz CT molecular complexity index is 4250. The van der Waals surface area contributed by atoms with Crippen molar-refractivity contribution in [3.63, 3.8) is 0 Å². The maximum atomic E-state index is 4.71. The topological polar surface area (TPSA) is 51.6 Å². The monoisotopic (exact) mass is 2460 g/mol. The fourth-order valence-corrected chi connectivity index (χ4v) is 43.7. The van der Waals surface area contributed by atoms with Crippen LogP contribution in [-0.4, -0.2) is 35.9 Å². The summed E-state index contributed by atoms with van der Waals surface area (Å²) in [6, 6.07) is 18.5. The number of aryl methyl sites for hydroxylation is 1. The predicted octanol–water partition coefficient (Wildman–Crippen LogP) is 49.5. The molecule has 2 aliphatic carbocycles. The minimum Gasteiger partial charge on any atom is -0.127 e. The van der Waals surface area contributed by atoms with E-state index < -0.39 is 18.4 Å². The van der Waals surface area contributed by atoms with Gasteiger partial charge in [-0.3, -0.25) is 0 Å². The van der Waals surface area contributed by atoms with E-state index in [0.717, 1.165) is 42.1 Å². The summed E-state index contributed by atoms with van der Waals surface area (Å²) in [4.78, 5) is 9.11. The summed E-state index contributed by atoms with van der Waals surface area (Å²) in [5.41, 5.74) is 13.2. The third-order valence-corrected chi connectivity index (χ3v) is 72.7.